The summed E-state index contributed by atoms with van der Waals surface area (Å²) in [6.45, 7) is 4.88. The molecule has 3 aromatic rings. The highest BCUT2D eigenvalue weighted by molar-refractivity contribution is 7.99. The summed E-state index contributed by atoms with van der Waals surface area (Å²) in [6.07, 6.45) is -0.721. The van der Waals surface area contributed by atoms with E-state index in [9.17, 15) is 40.8 Å². The number of methoxy groups -OCH3 is 1. The second kappa shape index (κ2) is 17.5. The number of alkyl carbamates (subject to hydrolysis) is 1. The van der Waals surface area contributed by atoms with Gasteiger partial charge in [-0.15, -0.1) is 13.2 Å². The maximum Gasteiger partial charge on any atom is 0.573 e. The molecule has 0 spiro atoms. The molecule has 3 fully saturated rings. The van der Waals surface area contributed by atoms with Crippen molar-refractivity contribution >= 4 is 56.4 Å². The van der Waals surface area contributed by atoms with Crippen molar-refractivity contribution in [2.24, 2.45) is 5.92 Å². The molecule has 4 aliphatic rings. The molecular weight excluding hydrogens is 856 g/mol. The topological polar surface area (TPSA) is 192 Å². The first-order valence-electron chi connectivity index (χ1n) is 20.2. The van der Waals surface area contributed by atoms with Crippen LogP contribution in [0.2, 0.25) is 0 Å². The van der Waals surface area contributed by atoms with Gasteiger partial charge in [0.25, 0.3) is 5.91 Å². The summed E-state index contributed by atoms with van der Waals surface area (Å²) in [6, 6.07) is 9.57. The van der Waals surface area contributed by atoms with Gasteiger partial charge in [0.15, 0.2) is 0 Å². The number of amides is 4. The Kier molecular flexibility index (Phi) is 12.6. The van der Waals surface area contributed by atoms with Crippen LogP contribution in [-0.4, -0.2) is 108 Å². The van der Waals surface area contributed by atoms with Gasteiger partial charge in [-0.1, -0.05) is 12.2 Å². The standard InChI is InChI=1S/C42H48F3N5O10S2/c1-40(2,3)60-39(54)47-33-23-61-17-7-5-6-8-26-21-41(26,38(53)49-62(55,56)30-14-15-30)48-35(51)34-20-29(22-50(34)37(33)52)58-36-31-16-13-28(57-4)18-25(31)19-32(46-36)24-9-11-27(12-10-24)59-42(43,44)45/h6,8-13,16,18-19,26,29-30,33-34H,5,7,14-15,17,20-23H2,1-4H3,(H,47,54)(H,48,51)(H,49,53)/t26-,29?,33+,34+,41-/m1/s1. The molecule has 20 heteroatoms. The van der Waals surface area contributed by atoms with Crippen LogP contribution in [0.15, 0.2) is 60.7 Å². The number of allylic oxidation sites excluding steroid dienone is 1. The molecule has 62 heavy (non-hydrogen) atoms. The summed E-state index contributed by atoms with van der Waals surface area (Å²) >= 11 is 1.43. The molecule has 2 aliphatic carbocycles. The van der Waals surface area contributed by atoms with Crippen molar-refractivity contribution in [2.75, 3.05) is 25.2 Å². The van der Waals surface area contributed by atoms with Gasteiger partial charge in [-0.2, -0.15) is 11.8 Å². The molecule has 2 saturated carbocycles. The van der Waals surface area contributed by atoms with Gasteiger partial charge in [-0.3, -0.25) is 19.1 Å². The van der Waals surface area contributed by atoms with E-state index in [2.05, 4.69) is 20.1 Å². The predicted octanol–water partition coefficient (Wildman–Crippen LogP) is 5.62. The van der Waals surface area contributed by atoms with Crippen molar-refractivity contribution in [1.29, 1.82) is 0 Å². The fraction of sp³-hybridized carbons (Fsp3) is 0.500. The van der Waals surface area contributed by atoms with E-state index in [0.717, 1.165) is 12.1 Å². The predicted molar refractivity (Wildman–Crippen MR) is 223 cm³/mol. The van der Waals surface area contributed by atoms with Gasteiger partial charge in [0.1, 0.15) is 40.8 Å². The van der Waals surface area contributed by atoms with Crippen molar-refractivity contribution in [3.05, 3.63) is 60.7 Å². The maximum absolute atomic E-state index is 14.6. The molecule has 7 rings (SSSR count). The number of benzene rings is 2. The molecule has 5 atom stereocenters. The molecule has 4 amide bonds. The number of pyridine rings is 1. The molecule has 0 radical (unpaired) electrons. The number of hydrogen-bond donors (Lipinski definition) is 3. The second-order valence-electron chi connectivity index (χ2n) is 16.7. The molecule has 0 bridgehead atoms. The average molecular weight is 904 g/mol. The Bertz CT molecular complexity index is 2350. The number of nitrogens with zero attached hydrogens (tertiary/aromatic N) is 2. The van der Waals surface area contributed by atoms with Crippen molar-refractivity contribution in [3.63, 3.8) is 0 Å². The van der Waals surface area contributed by atoms with E-state index in [1.165, 1.54) is 35.9 Å². The molecule has 15 nitrogen and oxygen atoms in total. The number of rotatable bonds is 9. The fourth-order valence-corrected chi connectivity index (χ4v) is 9.85. The van der Waals surface area contributed by atoms with Gasteiger partial charge in [0, 0.05) is 29.0 Å². The molecule has 1 aromatic heterocycles. The first-order valence-corrected chi connectivity index (χ1v) is 22.9. The largest absolute Gasteiger partial charge is 0.573 e. The third-order valence-electron chi connectivity index (χ3n) is 10.8. The number of fused-ring (bicyclic) bond motifs is 3. The lowest BCUT2D eigenvalue weighted by Gasteiger charge is -2.30. The van der Waals surface area contributed by atoms with Gasteiger partial charge < -0.3 is 34.5 Å². The second-order valence-corrected chi connectivity index (χ2v) is 19.9. The maximum atomic E-state index is 14.6. The van der Waals surface area contributed by atoms with Gasteiger partial charge in [-0.05, 0) is 113 Å². The fourth-order valence-electron chi connectivity index (χ4n) is 7.49. The van der Waals surface area contributed by atoms with Crippen LogP contribution in [-0.2, 0) is 29.1 Å². The molecule has 1 unspecified atom stereocenters. The number of ether oxygens (including phenoxy) is 4. The van der Waals surface area contributed by atoms with Gasteiger partial charge in [0.2, 0.25) is 27.7 Å². The summed E-state index contributed by atoms with van der Waals surface area (Å²) in [5.74, 6) is -1.78. The van der Waals surface area contributed by atoms with Crippen molar-refractivity contribution in [2.45, 2.75) is 100 Å². The van der Waals surface area contributed by atoms with Crippen molar-refractivity contribution in [1.82, 2.24) is 25.2 Å². The lowest BCUT2D eigenvalue weighted by Crippen LogP contribution is -2.58. The van der Waals surface area contributed by atoms with Crippen molar-refractivity contribution < 1.29 is 59.7 Å². The normalized spacial score (nSPS) is 24.7. The third kappa shape index (κ3) is 10.7. The molecule has 3 N–H and O–H groups in total. The first-order chi connectivity index (χ1) is 29.2. The quantitative estimate of drug-likeness (QED) is 0.225. The number of sulfonamides is 1. The van der Waals surface area contributed by atoms with E-state index >= 15 is 0 Å². The minimum atomic E-state index is -4.88. The number of hydrogen-bond acceptors (Lipinski definition) is 12. The van der Waals surface area contributed by atoms with Crippen LogP contribution in [0.1, 0.15) is 59.3 Å². The van der Waals surface area contributed by atoms with Crippen LogP contribution in [0.3, 0.4) is 0 Å². The van der Waals surface area contributed by atoms with Crippen molar-refractivity contribution in [3.8, 4) is 28.6 Å². The lowest BCUT2D eigenvalue weighted by molar-refractivity contribution is -0.274. The van der Waals surface area contributed by atoms with E-state index in [1.54, 1.807) is 51.1 Å². The third-order valence-corrected chi connectivity index (χ3v) is 13.7. The Morgan fingerprint density at radius 3 is 2.44 bits per heavy atom. The van der Waals surface area contributed by atoms with Gasteiger partial charge in [-0.25, -0.2) is 18.2 Å². The molecule has 2 aliphatic heterocycles. The Labute approximate surface area is 360 Å². The van der Waals surface area contributed by atoms with Gasteiger partial charge in [0.05, 0.1) is 24.6 Å². The van der Waals surface area contributed by atoms with Crippen LogP contribution in [0.4, 0.5) is 18.0 Å². The molecule has 1 saturated heterocycles. The monoisotopic (exact) mass is 903 g/mol. The Hall–Kier alpha value is -5.24. The van der Waals surface area contributed by atoms with E-state index in [-0.39, 0.29) is 31.0 Å². The molecular formula is C42H48F3N5O10S2. The first kappa shape index (κ1) is 44.8. The van der Waals surface area contributed by atoms with Crippen LogP contribution in [0.5, 0.6) is 17.4 Å². The van der Waals surface area contributed by atoms with E-state index < -0.39 is 86.4 Å². The summed E-state index contributed by atoms with van der Waals surface area (Å²) in [5, 5.41) is 5.95. The molecule has 3 heterocycles. The summed E-state index contributed by atoms with van der Waals surface area (Å²) in [7, 11) is -2.48. The number of nitrogens with one attached hydrogen (secondary N) is 3. The Balaban J connectivity index is 1.23. The van der Waals surface area contributed by atoms with Crippen LogP contribution in [0.25, 0.3) is 22.0 Å². The Morgan fingerprint density at radius 2 is 1.76 bits per heavy atom. The van der Waals surface area contributed by atoms with E-state index in [0.29, 0.717) is 59.2 Å². The Morgan fingerprint density at radius 1 is 1.03 bits per heavy atom. The smallest absolute Gasteiger partial charge is 0.497 e. The summed E-state index contributed by atoms with van der Waals surface area (Å²) in [4.78, 5) is 62.1. The zero-order valence-electron chi connectivity index (χ0n) is 34.5. The summed E-state index contributed by atoms with van der Waals surface area (Å²) in [5.41, 5.74) is -1.73. The van der Waals surface area contributed by atoms with E-state index in [4.69, 9.17) is 19.2 Å². The minimum absolute atomic E-state index is 0.0869. The average Bonchev–Trinajstić information content (AvgIpc) is 4.12. The van der Waals surface area contributed by atoms with Gasteiger partial charge >= 0.3 is 12.5 Å². The number of carbonyl (C=O) groups excluding carboxylic acids is 4. The highest BCUT2D eigenvalue weighted by Gasteiger charge is 2.62. The SMILES string of the molecule is COc1ccc2c(OC3C[C@H]4C(=O)N[C@]5(C(=O)NS(=O)(=O)C6CC6)C[C@H]5C=CCCCSC[C@H](NC(=O)OC(C)(C)C)C(=O)N4C3)nc(-c3ccc(OC(F)(F)F)cc3)cc2c1. The summed E-state index contributed by atoms with van der Waals surface area (Å²) < 4.78 is 88.2. The molecule has 2 aromatic carbocycles. The van der Waals surface area contributed by atoms with Crippen LogP contribution >= 0.6 is 11.8 Å². The van der Waals surface area contributed by atoms with Crippen LogP contribution < -0.4 is 29.6 Å². The minimum Gasteiger partial charge on any atom is -0.497 e. The lowest BCUT2D eigenvalue weighted by atomic mass is 10.1. The highest BCUT2D eigenvalue weighted by Crippen LogP contribution is 2.46. The number of halogens is 3. The highest BCUT2D eigenvalue weighted by atomic mass is 32.2. The van der Waals surface area contributed by atoms with Crippen LogP contribution in [0, 0.1) is 5.92 Å². The molecule has 334 valence electrons. The zero-order valence-corrected chi connectivity index (χ0v) is 36.1. The number of aromatic nitrogens is 1. The zero-order chi connectivity index (χ0) is 44.6. The van der Waals surface area contributed by atoms with E-state index in [1.807, 2.05) is 6.08 Å². The number of carbonyl (C=O) groups is 4. The number of thioether (sulfide) groups is 1. The number of alkyl halides is 3.